The molecule has 6 heteroatoms. The molecule has 1 aliphatic rings. The van der Waals surface area contributed by atoms with Gasteiger partial charge in [0.1, 0.15) is 0 Å². The minimum atomic E-state index is -3.02. The highest BCUT2D eigenvalue weighted by atomic mass is 32.2. The van der Waals surface area contributed by atoms with Crippen molar-refractivity contribution in [3.8, 4) is 0 Å². The zero-order chi connectivity index (χ0) is 11.3. The van der Waals surface area contributed by atoms with E-state index in [4.69, 9.17) is 0 Å². The predicted octanol–water partition coefficient (Wildman–Crippen LogP) is -0.226. The summed E-state index contributed by atoms with van der Waals surface area (Å²) in [5, 5.41) is 10.2. The lowest BCUT2D eigenvalue weighted by Crippen LogP contribution is -2.48. The minimum Gasteiger partial charge on any atom is -0.301 e. The van der Waals surface area contributed by atoms with Crippen LogP contribution in [-0.4, -0.2) is 63.2 Å². The number of piperazine rings is 1. The van der Waals surface area contributed by atoms with Crippen molar-refractivity contribution in [2.45, 2.75) is 12.8 Å². The molecule has 0 aliphatic carbocycles. The molecule has 89 valence electrons. The molecule has 0 aromatic heterocycles. The highest BCUT2D eigenvalue weighted by molar-refractivity contribution is 7.88. The summed E-state index contributed by atoms with van der Waals surface area (Å²) in [5.41, 5.74) is 0. The molecule has 1 aliphatic heterocycles. The smallest absolute Gasteiger partial charge is 0.211 e. The molecule has 0 atom stereocenters. The second kappa shape index (κ2) is 5.79. The van der Waals surface area contributed by atoms with Gasteiger partial charge in [-0.2, -0.15) is 4.31 Å². The van der Waals surface area contributed by atoms with E-state index in [1.54, 1.807) is 0 Å². The fourth-order valence-corrected chi connectivity index (χ4v) is 2.55. The molecule has 0 aromatic rings. The monoisotopic (exact) mass is 235 g/mol. The Hall–Kier alpha value is -0.170. The Morgan fingerprint density at radius 1 is 1.07 bits per heavy atom. The average molecular weight is 235 g/mol. The first-order valence-electron chi connectivity index (χ1n) is 5.29. The number of sulfonamides is 1. The fraction of sp³-hybridized carbons (Fsp3) is 1.00. The highest BCUT2D eigenvalue weighted by Gasteiger charge is 2.22. The molecule has 1 heterocycles. The Morgan fingerprint density at radius 2 is 1.67 bits per heavy atom. The second-order valence-electron chi connectivity index (χ2n) is 3.91. The van der Waals surface area contributed by atoms with Gasteiger partial charge in [0.05, 0.1) is 12.9 Å². The van der Waals surface area contributed by atoms with Gasteiger partial charge in [-0.15, -0.1) is 0 Å². The van der Waals surface area contributed by atoms with Crippen LogP contribution in [0.4, 0.5) is 0 Å². The molecular weight excluding hydrogens is 216 g/mol. The number of rotatable bonds is 5. The summed E-state index contributed by atoms with van der Waals surface area (Å²) < 4.78 is 23.9. The van der Waals surface area contributed by atoms with E-state index in [0.717, 1.165) is 26.1 Å². The van der Waals surface area contributed by atoms with Crippen molar-refractivity contribution in [1.82, 2.24) is 9.21 Å². The molecule has 0 spiro atoms. The quantitative estimate of drug-likeness (QED) is 0.619. The Bertz CT molecular complexity index is 271. The largest absolute Gasteiger partial charge is 0.301 e. The van der Waals surface area contributed by atoms with Crippen molar-refractivity contribution in [1.29, 1.82) is 0 Å². The summed E-state index contributed by atoms with van der Waals surface area (Å²) >= 11 is 0. The van der Waals surface area contributed by atoms with E-state index < -0.39 is 10.0 Å². The van der Waals surface area contributed by atoms with Crippen molar-refractivity contribution >= 4 is 10.0 Å². The summed E-state index contributed by atoms with van der Waals surface area (Å²) in [6.45, 7) is 3.63. The number of unbranched alkanes of at least 4 members (excludes halogenated alkanes) is 1. The average Bonchev–Trinajstić information content (AvgIpc) is 2.18. The third-order valence-electron chi connectivity index (χ3n) is 2.67. The van der Waals surface area contributed by atoms with Crippen LogP contribution >= 0.6 is 0 Å². The zero-order valence-corrected chi connectivity index (χ0v) is 10.0. The van der Waals surface area contributed by atoms with Crippen LogP contribution in [0.3, 0.4) is 0 Å². The van der Waals surface area contributed by atoms with Gasteiger partial charge in [-0.25, -0.2) is 13.5 Å². The molecule has 1 rings (SSSR count). The van der Waals surface area contributed by atoms with Gasteiger partial charge in [0, 0.05) is 26.2 Å². The second-order valence-corrected chi connectivity index (χ2v) is 5.90. The van der Waals surface area contributed by atoms with Gasteiger partial charge in [-0.1, -0.05) is 0 Å². The van der Waals surface area contributed by atoms with Gasteiger partial charge >= 0.3 is 0 Å². The SMILES string of the molecule is CS(=O)(=O)N1CCN(CCCC[O])CC1. The lowest BCUT2D eigenvalue weighted by atomic mass is 10.3. The molecule has 1 fully saturated rings. The van der Waals surface area contributed by atoms with Crippen LogP contribution in [0.25, 0.3) is 0 Å². The zero-order valence-electron chi connectivity index (χ0n) is 9.18. The first-order chi connectivity index (χ1) is 7.04. The van der Waals surface area contributed by atoms with Crippen molar-refractivity contribution < 1.29 is 13.5 Å². The maximum absolute atomic E-state index is 11.2. The molecule has 1 saturated heterocycles. The number of hydrogen-bond donors (Lipinski definition) is 0. The van der Waals surface area contributed by atoms with E-state index in [1.807, 2.05) is 0 Å². The van der Waals surface area contributed by atoms with Crippen molar-refractivity contribution in [3.05, 3.63) is 0 Å². The Morgan fingerprint density at radius 3 is 2.13 bits per heavy atom. The third-order valence-corrected chi connectivity index (χ3v) is 3.97. The number of nitrogens with zero attached hydrogens (tertiary/aromatic N) is 2. The van der Waals surface area contributed by atoms with Crippen LogP contribution < -0.4 is 0 Å². The first kappa shape index (κ1) is 12.9. The van der Waals surface area contributed by atoms with E-state index in [9.17, 15) is 13.5 Å². The van der Waals surface area contributed by atoms with E-state index in [1.165, 1.54) is 10.6 Å². The van der Waals surface area contributed by atoms with Crippen molar-refractivity contribution in [3.63, 3.8) is 0 Å². The molecule has 0 bridgehead atoms. The lowest BCUT2D eigenvalue weighted by Gasteiger charge is -2.33. The highest BCUT2D eigenvalue weighted by Crippen LogP contribution is 2.06. The van der Waals surface area contributed by atoms with Crippen LogP contribution in [-0.2, 0) is 15.1 Å². The Balaban J connectivity index is 2.24. The third kappa shape index (κ3) is 4.46. The van der Waals surface area contributed by atoms with Gasteiger partial charge in [0.25, 0.3) is 0 Å². The van der Waals surface area contributed by atoms with Crippen LogP contribution in [0.2, 0.25) is 0 Å². The summed E-state index contributed by atoms with van der Waals surface area (Å²) in [6, 6.07) is 0. The molecule has 1 radical (unpaired) electrons. The molecule has 15 heavy (non-hydrogen) atoms. The molecule has 0 aromatic carbocycles. The summed E-state index contributed by atoms with van der Waals surface area (Å²) in [7, 11) is -3.02. The number of hydrogen-bond acceptors (Lipinski definition) is 3. The summed E-state index contributed by atoms with van der Waals surface area (Å²) in [5.74, 6) is 0. The van der Waals surface area contributed by atoms with Gasteiger partial charge in [-0.05, 0) is 19.4 Å². The van der Waals surface area contributed by atoms with Gasteiger partial charge in [-0.3, -0.25) is 0 Å². The van der Waals surface area contributed by atoms with Crippen LogP contribution in [0.1, 0.15) is 12.8 Å². The lowest BCUT2D eigenvalue weighted by molar-refractivity contribution is 0.161. The standard InChI is InChI=1S/C9H19N2O3S/c1-15(13,14)11-7-5-10(6-8-11)4-2-3-9-12/h2-9H2,1H3. The normalized spacial score (nSPS) is 20.7. The van der Waals surface area contributed by atoms with Crippen LogP contribution in [0.15, 0.2) is 0 Å². The Kier molecular flexibility index (Phi) is 4.98. The van der Waals surface area contributed by atoms with Gasteiger partial charge in [0.15, 0.2) is 0 Å². The van der Waals surface area contributed by atoms with E-state index in [0.29, 0.717) is 19.5 Å². The van der Waals surface area contributed by atoms with E-state index in [-0.39, 0.29) is 6.61 Å². The molecule has 0 amide bonds. The molecule has 5 nitrogen and oxygen atoms in total. The maximum Gasteiger partial charge on any atom is 0.211 e. The van der Waals surface area contributed by atoms with E-state index >= 15 is 0 Å². The summed E-state index contributed by atoms with van der Waals surface area (Å²) in [6.07, 6.45) is 2.88. The molecule has 0 N–H and O–H groups in total. The van der Waals surface area contributed by atoms with Crippen LogP contribution in [0.5, 0.6) is 0 Å². The molecule has 0 unspecified atom stereocenters. The maximum atomic E-state index is 11.2. The first-order valence-corrected chi connectivity index (χ1v) is 7.14. The van der Waals surface area contributed by atoms with Crippen LogP contribution in [0, 0.1) is 0 Å². The summed E-state index contributed by atoms with van der Waals surface area (Å²) in [4.78, 5) is 2.22. The predicted molar refractivity (Wildman–Crippen MR) is 57.6 cm³/mol. The van der Waals surface area contributed by atoms with Gasteiger partial charge < -0.3 is 4.90 Å². The molecule has 0 saturated carbocycles. The molecular formula is C9H19N2O3S. The van der Waals surface area contributed by atoms with Crippen molar-refractivity contribution in [2.24, 2.45) is 0 Å². The van der Waals surface area contributed by atoms with Gasteiger partial charge in [0.2, 0.25) is 10.0 Å². The topological polar surface area (TPSA) is 60.5 Å². The minimum absolute atomic E-state index is 0.0106. The fourth-order valence-electron chi connectivity index (χ4n) is 1.72. The van der Waals surface area contributed by atoms with E-state index in [2.05, 4.69) is 4.90 Å². The Labute approximate surface area is 91.7 Å². The van der Waals surface area contributed by atoms with Crippen molar-refractivity contribution in [2.75, 3.05) is 45.6 Å².